The monoisotopic (exact) mass is 495 g/mol. The lowest BCUT2D eigenvalue weighted by Crippen LogP contribution is -2.54. The smallest absolute Gasteiger partial charge is 0.335 e. The molecule has 0 spiro atoms. The van der Waals surface area contributed by atoms with Gasteiger partial charge >= 0.3 is 5.97 Å². The molecule has 4 aromatic rings. The summed E-state index contributed by atoms with van der Waals surface area (Å²) >= 11 is 5.25. The first-order valence-corrected chi connectivity index (χ1v) is 11.6. The molecular weight excluding hydrogens is 474 g/mol. The van der Waals surface area contributed by atoms with Crippen LogP contribution in [0.3, 0.4) is 0 Å². The van der Waals surface area contributed by atoms with E-state index in [4.69, 9.17) is 12.2 Å². The minimum Gasteiger partial charge on any atom is -0.478 e. The van der Waals surface area contributed by atoms with E-state index in [2.05, 4.69) is 22.0 Å². The fourth-order valence-electron chi connectivity index (χ4n) is 4.35. The van der Waals surface area contributed by atoms with Gasteiger partial charge in [-0.05, 0) is 55.0 Å². The second kappa shape index (κ2) is 9.24. The van der Waals surface area contributed by atoms with Crippen LogP contribution in [0.15, 0.2) is 84.6 Å². The number of aromatic carboxylic acids is 1. The maximum absolute atomic E-state index is 13.5. The molecular formula is C28H21N3O4S. The van der Waals surface area contributed by atoms with E-state index >= 15 is 0 Å². The minimum absolute atomic E-state index is 0.00440. The van der Waals surface area contributed by atoms with Crippen LogP contribution in [0.5, 0.6) is 0 Å². The molecule has 0 saturated carbocycles. The lowest BCUT2D eigenvalue weighted by molar-refractivity contribution is -0.122. The van der Waals surface area contributed by atoms with Crippen molar-refractivity contribution < 1.29 is 19.5 Å². The van der Waals surface area contributed by atoms with Crippen LogP contribution in [-0.4, -0.2) is 32.6 Å². The Balaban J connectivity index is 1.56. The first kappa shape index (κ1) is 23.2. The zero-order valence-electron chi connectivity index (χ0n) is 19.3. The highest BCUT2D eigenvalue weighted by atomic mass is 32.1. The molecule has 7 nitrogen and oxygen atoms in total. The number of para-hydroxylation sites is 1. The molecule has 1 saturated heterocycles. The van der Waals surface area contributed by atoms with Gasteiger partial charge < -0.3 is 9.67 Å². The van der Waals surface area contributed by atoms with Gasteiger partial charge in [0.1, 0.15) is 5.57 Å². The average molecular weight is 496 g/mol. The van der Waals surface area contributed by atoms with Gasteiger partial charge in [-0.1, -0.05) is 54.1 Å². The highest BCUT2D eigenvalue weighted by Crippen LogP contribution is 2.27. The van der Waals surface area contributed by atoms with Crippen molar-refractivity contribution >= 4 is 57.8 Å². The zero-order valence-corrected chi connectivity index (χ0v) is 20.1. The van der Waals surface area contributed by atoms with Crippen LogP contribution in [0, 0.1) is 6.92 Å². The van der Waals surface area contributed by atoms with Crippen molar-refractivity contribution in [2.75, 3.05) is 4.90 Å². The summed E-state index contributed by atoms with van der Waals surface area (Å²) < 4.78 is 2.08. The highest BCUT2D eigenvalue weighted by Gasteiger charge is 2.35. The van der Waals surface area contributed by atoms with Crippen LogP contribution in [0.2, 0.25) is 0 Å². The fourth-order valence-corrected chi connectivity index (χ4v) is 4.63. The number of carboxylic acids is 1. The van der Waals surface area contributed by atoms with E-state index in [1.54, 1.807) is 12.1 Å². The van der Waals surface area contributed by atoms with E-state index in [1.807, 2.05) is 49.5 Å². The number of thiocarbonyl (C=S) groups is 1. The number of nitrogens with zero attached hydrogens (tertiary/aromatic N) is 2. The second-order valence-corrected chi connectivity index (χ2v) is 8.92. The van der Waals surface area contributed by atoms with Crippen LogP contribution in [-0.2, 0) is 16.1 Å². The molecule has 1 fully saturated rings. The summed E-state index contributed by atoms with van der Waals surface area (Å²) in [5.41, 5.74) is 4.15. The van der Waals surface area contributed by atoms with Gasteiger partial charge in [0.25, 0.3) is 11.8 Å². The van der Waals surface area contributed by atoms with Crippen molar-refractivity contribution in [3.8, 4) is 0 Å². The highest BCUT2D eigenvalue weighted by molar-refractivity contribution is 7.80. The van der Waals surface area contributed by atoms with Gasteiger partial charge in [0.15, 0.2) is 5.11 Å². The number of carbonyl (C=O) groups excluding carboxylic acids is 2. The Kier molecular flexibility index (Phi) is 5.95. The molecule has 0 unspecified atom stereocenters. The van der Waals surface area contributed by atoms with E-state index in [0.717, 1.165) is 21.4 Å². The molecule has 1 aliphatic heterocycles. The normalized spacial score (nSPS) is 15.0. The Hall–Kier alpha value is -4.56. The SMILES string of the molecule is Cc1cccc(Cn2cc(C=C3C(=O)NC(=S)N(c4cccc(C(=O)O)c4)C3=O)c3ccccc32)c1. The molecule has 0 radical (unpaired) electrons. The molecule has 2 amide bonds. The molecule has 36 heavy (non-hydrogen) atoms. The third-order valence-electron chi connectivity index (χ3n) is 6.01. The summed E-state index contributed by atoms with van der Waals surface area (Å²) in [4.78, 5) is 38.8. The Morgan fingerprint density at radius 2 is 1.81 bits per heavy atom. The Labute approximate surface area is 212 Å². The molecule has 3 aromatic carbocycles. The van der Waals surface area contributed by atoms with Crippen molar-refractivity contribution in [1.29, 1.82) is 0 Å². The fraction of sp³-hybridized carbons (Fsp3) is 0.0714. The van der Waals surface area contributed by atoms with Gasteiger partial charge in [-0.25, -0.2) is 4.79 Å². The largest absolute Gasteiger partial charge is 0.478 e. The number of rotatable bonds is 5. The minimum atomic E-state index is -1.13. The van der Waals surface area contributed by atoms with Crippen molar-refractivity contribution in [2.24, 2.45) is 0 Å². The van der Waals surface area contributed by atoms with Crippen LogP contribution in [0.1, 0.15) is 27.0 Å². The number of hydrogen-bond donors (Lipinski definition) is 2. The predicted octanol–water partition coefficient (Wildman–Crippen LogP) is 4.53. The average Bonchev–Trinajstić information content (AvgIpc) is 3.19. The van der Waals surface area contributed by atoms with Gasteiger partial charge in [-0.3, -0.25) is 19.8 Å². The first-order chi connectivity index (χ1) is 17.3. The number of aryl methyl sites for hydroxylation is 1. The molecule has 1 aromatic heterocycles. The number of fused-ring (bicyclic) bond motifs is 1. The Morgan fingerprint density at radius 3 is 2.58 bits per heavy atom. The number of nitrogens with one attached hydrogen (secondary N) is 1. The summed E-state index contributed by atoms with van der Waals surface area (Å²) in [6.07, 6.45) is 3.48. The number of anilines is 1. The molecule has 8 heteroatoms. The quantitative estimate of drug-likeness (QED) is 0.241. The van der Waals surface area contributed by atoms with Crippen LogP contribution in [0.25, 0.3) is 17.0 Å². The number of hydrogen-bond acceptors (Lipinski definition) is 4. The van der Waals surface area contributed by atoms with Crippen molar-refractivity contribution in [2.45, 2.75) is 13.5 Å². The molecule has 2 N–H and O–H groups in total. The summed E-state index contributed by atoms with van der Waals surface area (Å²) in [5.74, 6) is -2.36. The lowest BCUT2D eigenvalue weighted by atomic mass is 10.1. The number of amides is 2. The van der Waals surface area contributed by atoms with E-state index in [0.29, 0.717) is 12.1 Å². The second-order valence-electron chi connectivity index (χ2n) is 8.53. The number of carbonyl (C=O) groups is 3. The summed E-state index contributed by atoms with van der Waals surface area (Å²) in [6, 6.07) is 21.9. The summed E-state index contributed by atoms with van der Waals surface area (Å²) in [5, 5.41) is 12.7. The number of aromatic nitrogens is 1. The predicted molar refractivity (Wildman–Crippen MR) is 142 cm³/mol. The molecule has 2 heterocycles. The van der Waals surface area contributed by atoms with E-state index in [9.17, 15) is 19.5 Å². The van der Waals surface area contributed by atoms with Crippen LogP contribution in [0.4, 0.5) is 5.69 Å². The van der Waals surface area contributed by atoms with Crippen LogP contribution < -0.4 is 10.2 Å². The van der Waals surface area contributed by atoms with Gasteiger partial charge in [-0.2, -0.15) is 0 Å². The van der Waals surface area contributed by atoms with E-state index in [1.165, 1.54) is 23.8 Å². The Morgan fingerprint density at radius 1 is 1.03 bits per heavy atom. The van der Waals surface area contributed by atoms with Gasteiger partial charge in [0, 0.05) is 29.2 Å². The summed E-state index contributed by atoms with van der Waals surface area (Å²) in [7, 11) is 0. The molecule has 0 atom stereocenters. The van der Waals surface area contributed by atoms with Crippen LogP contribution >= 0.6 is 12.2 Å². The molecule has 178 valence electrons. The zero-order chi connectivity index (χ0) is 25.4. The molecule has 5 rings (SSSR count). The topological polar surface area (TPSA) is 91.6 Å². The molecule has 1 aliphatic rings. The molecule has 0 bridgehead atoms. The van der Waals surface area contributed by atoms with Crippen molar-refractivity contribution in [3.63, 3.8) is 0 Å². The molecule has 0 aliphatic carbocycles. The van der Waals surface area contributed by atoms with E-state index in [-0.39, 0.29) is 21.9 Å². The lowest BCUT2D eigenvalue weighted by Gasteiger charge is -2.29. The van der Waals surface area contributed by atoms with Gasteiger partial charge in [0.05, 0.1) is 11.3 Å². The number of carboxylic acid groups (broad SMARTS) is 1. The standard InChI is InChI=1S/C28H21N3O4S/c1-17-6-4-7-18(12-17)15-30-16-20(22-10-2-3-11-24(22)30)14-23-25(32)29-28(36)31(26(23)33)21-9-5-8-19(13-21)27(34)35/h2-14,16H,15H2,1H3,(H,34,35)(H,29,32,36). The van der Waals surface area contributed by atoms with Gasteiger partial charge in [0.2, 0.25) is 0 Å². The first-order valence-electron chi connectivity index (χ1n) is 11.2. The van der Waals surface area contributed by atoms with Crippen molar-refractivity contribution in [3.05, 3.63) is 107 Å². The summed E-state index contributed by atoms with van der Waals surface area (Å²) in [6.45, 7) is 2.67. The van der Waals surface area contributed by atoms with E-state index < -0.39 is 17.8 Å². The third kappa shape index (κ3) is 4.30. The van der Waals surface area contributed by atoms with Crippen molar-refractivity contribution in [1.82, 2.24) is 9.88 Å². The van der Waals surface area contributed by atoms with Gasteiger partial charge in [-0.15, -0.1) is 0 Å². The third-order valence-corrected chi connectivity index (χ3v) is 6.29. The maximum atomic E-state index is 13.5. The maximum Gasteiger partial charge on any atom is 0.335 e. The Bertz CT molecular complexity index is 1600. The number of benzene rings is 3.